The predicted octanol–water partition coefficient (Wildman–Crippen LogP) is 3.49. The van der Waals surface area contributed by atoms with Gasteiger partial charge >= 0.3 is 5.97 Å². The molecule has 2 aromatic carbocycles. The van der Waals surface area contributed by atoms with Crippen LogP contribution in [0.15, 0.2) is 52.5 Å². The van der Waals surface area contributed by atoms with Gasteiger partial charge in [-0.15, -0.1) is 0 Å². The van der Waals surface area contributed by atoms with Crippen LogP contribution in [0.1, 0.15) is 12.5 Å². The number of rotatable bonds is 3. The Balaban J connectivity index is 2.04. The van der Waals surface area contributed by atoms with E-state index in [1.165, 1.54) is 19.1 Å². The number of hydrogen-bond donors (Lipinski definition) is 1. The molecule has 26 heavy (non-hydrogen) atoms. The Morgan fingerprint density at radius 3 is 2.58 bits per heavy atom. The van der Waals surface area contributed by atoms with Crippen molar-refractivity contribution in [2.45, 2.75) is 6.92 Å². The molecule has 1 aliphatic rings. The van der Waals surface area contributed by atoms with Crippen molar-refractivity contribution < 1.29 is 19.1 Å². The number of carbonyl (C=O) groups excluding carboxylic acids is 3. The van der Waals surface area contributed by atoms with Crippen molar-refractivity contribution in [3.8, 4) is 5.75 Å². The molecule has 6 nitrogen and oxygen atoms in total. The Hall–Kier alpha value is -2.64. The summed E-state index contributed by atoms with van der Waals surface area (Å²) in [6.45, 7) is 1.25. The summed E-state index contributed by atoms with van der Waals surface area (Å²) in [5, 5.41) is 1.50. The van der Waals surface area contributed by atoms with Gasteiger partial charge in [-0.1, -0.05) is 29.8 Å². The third kappa shape index (κ3) is 3.63. The fourth-order valence-electron chi connectivity index (χ4n) is 2.41. The SMILES string of the molecule is CC(=O)Oc1c(Br)cc(Cl)cc1/C=C1/C(=O)NN(c2ccccc2)C1=O. The number of hydrazine groups is 1. The lowest BCUT2D eigenvalue weighted by Crippen LogP contribution is -2.35. The number of halogens is 2. The number of nitrogens with zero attached hydrogens (tertiary/aromatic N) is 1. The van der Waals surface area contributed by atoms with Gasteiger partial charge < -0.3 is 4.74 Å². The van der Waals surface area contributed by atoms with Gasteiger partial charge in [0.1, 0.15) is 5.57 Å². The first-order valence-corrected chi connectivity index (χ1v) is 8.63. The Morgan fingerprint density at radius 1 is 1.23 bits per heavy atom. The highest BCUT2D eigenvalue weighted by atomic mass is 79.9. The van der Waals surface area contributed by atoms with Crippen LogP contribution in [-0.2, 0) is 14.4 Å². The lowest BCUT2D eigenvalue weighted by molar-refractivity contribution is -0.132. The van der Waals surface area contributed by atoms with Gasteiger partial charge in [-0.3, -0.25) is 19.8 Å². The number of hydrogen-bond acceptors (Lipinski definition) is 4. The zero-order valence-electron chi connectivity index (χ0n) is 13.5. The molecule has 0 atom stereocenters. The second-order valence-corrected chi connectivity index (χ2v) is 6.67. The highest BCUT2D eigenvalue weighted by Crippen LogP contribution is 2.35. The molecule has 0 unspecified atom stereocenters. The number of nitrogens with one attached hydrogen (secondary N) is 1. The Kier molecular flexibility index (Phi) is 5.11. The number of ether oxygens (including phenoxy) is 1. The topological polar surface area (TPSA) is 75.7 Å². The van der Waals surface area contributed by atoms with E-state index in [4.69, 9.17) is 16.3 Å². The minimum Gasteiger partial charge on any atom is -0.425 e. The number of esters is 1. The predicted molar refractivity (Wildman–Crippen MR) is 101 cm³/mol. The average molecular weight is 436 g/mol. The molecule has 2 amide bonds. The third-order valence-corrected chi connectivity index (χ3v) is 4.30. The smallest absolute Gasteiger partial charge is 0.308 e. The van der Waals surface area contributed by atoms with Crippen molar-refractivity contribution in [2.75, 3.05) is 5.01 Å². The molecule has 1 aliphatic heterocycles. The standard InChI is InChI=1S/C18H12BrClN2O4/c1-10(23)26-16-11(7-12(20)9-15(16)19)8-14-17(24)21-22(18(14)25)13-5-3-2-4-6-13/h2-9H,1H3,(H,21,24)/b14-8-. The normalized spacial score (nSPS) is 15.3. The third-order valence-electron chi connectivity index (χ3n) is 3.49. The van der Waals surface area contributed by atoms with Gasteiger partial charge in [-0.05, 0) is 46.3 Å². The van der Waals surface area contributed by atoms with E-state index < -0.39 is 17.8 Å². The van der Waals surface area contributed by atoms with Crippen LogP contribution in [0.25, 0.3) is 6.08 Å². The van der Waals surface area contributed by atoms with Crippen LogP contribution < -0.4 is 15.2 Å². The zero-order chi connectivity index (χ0) is 18.8. The van der Waals surface area contributed by atoms with Gasteiger partial charge in [0.2, 0.25) is 0 Å². The first-order valence-electron chi connectivity index (χ1n) is 7.46. The molecule has 1 fully saturated rings. The zero-order valence-corrected chi connectivity index (χ0v) is 15.8. The molecule has 8 heteroatoms. The molecule has 0 aliphatic carbocycles. The Morgan fingerprint density at radius 2 is 1.92 bits per heavy atom. The van der Waals surface area contributed by atoms with Crippen LogP contribution in [0.3, 0.4) is 0 Å². The highest BCUT2D eigenvalue weighted by molar-refractivity contribution is 9.10. The molecule has 0 saturated carbocycles. The maximum absolute atomic E-state index is 12.6. The van der Waals surface area contributed by atoms with E-state index in [0.717, 1.165) is 5.01 Å². The maximum atomic E-state index is 12.6. The quantitative estimate of drug-likeness (QED) is 0.347. The second kappa shape index (κ2) is 7.31. The monoisotopic (exact) mass is 434 g/mol. The maximum Gasteiger partial charge on any atom is 0.308 e. The summed E-state index contributed by atoms with van der Waals surface area (Å²) in [6, 6.07) is 11.8. The van der Waals surface area contributed by atoms with E-state index in [9.17, 15) is 14.4 Å². The minimum atomic E-state index is -0.566. The van der Waals surface area contributed by atoms with Crippen LogP contribution >= 0.6 is 27.5 Å². The molecule has 1 N–H and O–H groups in total. The van der Waals surface area contributed by atoms with E-state index in [2.05, 4.69) is 21.4 Å². The van der Waals surface area contributed by atoms with Crippen molar-refractivity contribution in [2.24, 2.45) is 0 Å². The first-order chi connectivity index (χ1) is 12.4. The van der Waals surface area contributed by atoms with Crippen molar-refractivity contribution in [3.05, 3.63) is 63.1 Å². The number of carbonyl (C=O) groups is 3. The second-order valence-electron chi connectivity index (χ2n) is 5.37. The molecule has 0 bridgehead atoms. The largest absolute Gasteiger partial charge is 0.425 e. The molecule has 2 aromatic rings. The molecule has 132 valence electrons. The van der Waals surface area contributed by atoms with Crippen LogP contribution in [-0.4, -0.2) is 17.8 Å². The molecule has 1 saturated heterocycles. The molecule has 0 aromatic heterocycles. The summed E-state index contributed by atoms with van der Waals surface area (Å²) in [5.74, 6) is -1.45. The Labute approximate surface area is 162 Å². The van der Waals surface area contributed by atoms with E-state index in [1.54, 1.807) is 36.4 Å². The van der Waals surface area contributed by atoms with E-state index in [0.29, 0.717) is 20.7 Å². The number of benzene rings is 2. The fourth-order valence-corrected chi connectivity index (χ4v) is 3.33. The molecule has 0 radical (unpaired) electrons. The molecule has 3 rings (SSSR count). The highest BCUT2D eigenvalue weighted by Gasteiger charge is 2.34. The molecular formula is C18H12BrClN2O4. The summed E-state index contributed by atoms with van der Waals surface area (Å²) in [4.78, 5) is 36.3. The summed E-state index contributed by atoms with van der Waals surface area (Å²) in [6.07, 6.45) is 1.34. The molecule has 0 spiro atoms. The van der Waals surface area contributed by atoms with Crippen molar-refractivity contribution in [1.29, 1.82) is 0 Å². The minimum absolute atomic E-state index is 0.101. The van der Waals surface area contributed by atoms with E-state index in [-0.39, 0.29) is 11.3 Å². The van der Waals surface area contributed by atoms with E-state index >= 15 is 0 Å². The van der Waals surface area contributed by atoms with Gasteiger partial charge in [0.15, 0.2) is 5.75 Å². The summed E-state index contributed by atoms with van der Waals surface area (Å²) in [7, 11) is 0. The lowest BCUT2D eigenvalue weighted by atomic mass is 10.1. The van der Waals surface area contributed by atoms with Gasteiger partial charge in [0.05, 0.1) is 10.2 Å². The number of anilines is 1. The lowest BCUT2D eigenvalue weighted by Gasteiger charge is -2.14. The number of para-hydroxylation sites is 1. The summed E-state index contributed by atoms with van der Waals surface area (Å²) < 4.78 is 5.61. The number of amides is 2. The van der Waals surface area contributed by atoms with Gasteiger partial charge in [0, 0.05) is 17.5 Å². The summed E-state index contributed by atoms with van der Waals surface area (Å²) in [5.41, 5.74) is 3.26. The van der Waals surface area contributed by atoms with Gasteiger partial charge in [-0.25, -0.2) is 5.01 Å². The van der Waals surface area contributed by atoms with Gasteiger partial charge in [0.25, 0.3) is 11.8 Å². The van der Waals surface area contributed by atoms with Crippen LogP contribution in [0.5, 0.6) is 5.75 Å². The summed E-state index contributed by atoms with van der Waals surface area (Å²) >= 11 is 9.31. The molecule has 1 heterocycles. The molecular weight excluding hydrogens is 424 g/mol. The van der Waals surface area contributed by atoms with Crippen molar-refractivity contribution in [3.63, 3.8) is 0 Å². The first kappa shape index (κ1) is 18.2. The van der Waals surface area contributed by atoms with Crippen LogP contribution in [0.2, 0.25) is 5.02 Å². The van der Waals surface area contributed by atoms with Crippen LogP contribution in [0.4, 0.5) is 5.69 Å². The Bertz CT molecular complexity index is 944. The van der Waals surface area contributed by atoms with Gasteiger partial charge in [-0.2, -0.15) is 0 Å². The van der Waals surface area contributed by atoms with E-state index in [1.807, 2.05) is 0 Å². The van der Waals surface area contributed by atoms with Crippen molar-refractivity contribution in [1.82, 2.24) is 5.43 Å². The average Bonchev–Trinajstić information content (AvgIpc) is 2.86. The fraction of sp³-hybridized carbons (Fsp3) is 0.0556. The van der Waals surface area contributed by atoms with Crippen molar-refractivity contribution >= 4 is 57.1 Å². The van der Waals surface area contributed by atoms with Crippen LogP contribution in [0, 0.1) is 0 Å².